The lowest BCUT2D eigenvalue weighted by Crippen LogP contribution is -2.43. The van der Waals surface area contributed by atoms with Crippen LogP contribution in [0.4, 0.5) is 4.39 Å². The molecule has 1 aromatic carbocycles. The van der Waals surface area contributed by atoms with Gasteiger partial charge in [0, 0.05) is 31.1 Å². The number of nitrogens with one attached hydrogen (secondary N) is 2. The van der Waals surface area contributed by atoms with Crippen molar-refractivity contribution in [1.29, 1.82) is 0 Å². The van der Waals surface area contributed by atoms with Crippen LogP contribution in [0.1, 0.15) is 52.0 Å². The summed E-state index contributed by atoms with van der Waals surface area (Å²) in [5, 5.41) is 14.3. The molecule has 12 heteroatoms. The molecule has 2 rings (SSSR count). The smallest absolute Gasteiger partial charge is 0.305 e. The molecule has 0 aliphatic rings. The number of hydrogen-bond acceptors (Lipinski definition) is 8. The lowest BCUT2D eigenvalue weighted by Gasteiger charge is -2.16. The van der Waals surface area contributed by atoms with Gasteiger partial charge in [0.15, 0.2) is 5.78 Å². The van der Waals surface area contributed by atoms with Gasteiger partial charge in [-0.05, 0) is 36.6 Å². The van der Waals surface area contributed by atoms with Gasteiger partial charge in [-0.1, -0.05) is 12.1 Å². The van der Waals surface area contributed by atoms with Crippen molar-refractivity contribution >= 4 is 41.3 Å². The zero-order valence-corrected chi connectivity index (χ0v) is 21.0. The van der Waals surface area contributed by atoms with Crippen molar-refractivity contribution in [3.05, 3.63) is 65.2 Å². The SMILES string of the molecule is COC(=O)CCCCNC(=O)c1cncc(C(=O)N[C@@H](CC(=O)O)C(=O)CSCc2ccc(F)cc2)c1. The van der Waals surface area contributed by atoms with Crippen molar-refractivity contribution < 1.29 is 38.2 Å². The Balaban J connectivity index is 1.92. The number of aromatic nitrogens is 1. The van der Waals surface area contributed by atoms with Crippen LogP contribution in [0.5, 0.6) is 0 Å². The number of pyridine rings is 1. The van der Waals surface area contributed by atoms with E-state index in [1.165, 1.54) is 49.5 Å². The Kier molecular flexibility index (Phi) is 12.2. The fourth-order valence-electron chi connectivity index (χ4n) is 3.10. The zero-order valence-electron chi connectivity index (χ0n) is 20.2. The number of carboxylic acid groups (broad SMARTS) is 1. The summed E-state index contributed by atoms with van der Waals surface area (Å²) < 4.78 is 17.6. The average Bonchev–Trinajstić information content (AvgIpc) is 2.88. The number of carbonyl (C=O) groups is 5. The average molecular weight is 534 g/mol. The Bertz CT molecular complexity index is 1110. The van der Waals surface area contributed by atoms with E-state index in [0.717, 1.165) is 5.56 Å². The van der Waals surface area contributed by atoms with E-state index in [1.54, 1.807) is 12.1 Å². The molecule has 0 saturated carbocycles. The number of thioether (sulfide) groups is 1. The van der Waals surface area contributed by atoms with E-state index < -0.39 is 36.0 Å². The standard InChI is InChI=1S/C25H28FN3O7S/c1-36-23(33)4-2-3-9-28-24(34)17-10-18(13-27-12-17)25(35)29-20(11-22(31)32)21(30)15-37-14-16-5-7-19(26)8-6-16/h5-8,10,12-13,20H,2-4,9,11,14-15H2,1H3,(H,28,34)(H,29,35)(H,31,32)/t20-/m0/s1. The molecule has 198 valence electrons. The van der Waals surface area contributed by atoms with Gasteiger partial charge in [-0.25, -0.2) is 4.39 Å². The number of nitrogens with zero attached hydrogens (tertiary/aromatic N) is 1. The number of esters is 1. The Morgan fingerprint density at radius 1 is 1.05 bits per heavy atom. The topological polar surface area (TPSA) is 152 Å². The highest BCUT2D eigenvalue weighted by atomic mass is 32.2. The zero-order chi connectivity index (χ0) is 27.2. The largest absolute Gasteiger partial charge is 0.481 e. The molecule has 1 atom stereocenters. The van der Waals surface area contributed by atoms with Gasteiger partial charge in [0.1, 0.15) is 5.82 Å². The Labute approximate surface area is 217 Å². The molecule has 0 saturated heterocycles. The van der Waals surface area contributed by atoms with E-state index in [9.17, 15) is 33.5 Å². The summed E-state index contributed by atoms with van der Waals surface area (Å²) in [4.78, 5) is 64.0. The normalized spacial score (nSPS) is 11.3. The number of amides is 2. The van der Waals surface area contributed by atoms with Crippen LogP contribution < -0.4 is 10.6 Å². The summed E-state index contributed by atoms with van der Waals surface area (Å²) >= 11 is 1.21. The van der Waals surface area contributed by atoms with Crippen molar-refractivity contribution in [2.45, 2.75) is 37.5 Å². The maximum absolute atomic E-state index is 13.0. The third-order valence-corrected chi connectivity index (χ3v) is 6.11. The maximum atomic E-state index is 13.0. The van der Waals surface area contributed by atoms with Gasteiger partial charge in [0.2, 0.25) is 0 Å². The van der Waals surface area contributed by atoms with E-state index in [2.05, 4.69) is 20.4 Å². The summed E-state index contributed by atoms with van der Waals surface area (Å²) in [6.45, 7) is 0.303. The minimum Gasteiger partial charge on any atom is -0.481 e. The molecule has 10 nitrogen and oxygen atoms in total. The molecular weight excluding hydrogens is 505 g/mol. The van der Waals surface area contributed by atoms with Crippen molar-refractivity contribution in [1.82, 2.24) is 15.6 Å². The van der Waals surface area contributed by atoms with Gasteiger partial charge in [0.05, 0.1) is 36.5 Å². The van der Waals surface area contributed by atoms with Crippen LogP contribution >= 0.6 is 11.8 Å². The molecule has 0 aliphatic carbocycles. The maximum Gasteiger partial charge on any atom is 0.305 e. The van der Waals surface area contributed by atoms with Crippen LogP contribution in [0, 0.1) is 5.82 Å². The van der Waals surface area contributed by atoms with Crippen LogP contribution in [-0.2, 0) is 24.9 Å². The number of halogens is 1. The molecule has 0 aliphatic heterocycles. The number of ketones is 1. The highest BCUT2D eigenvalue weighted by Crippen LogP contribution is 2.14. The summed E-state index contributed by atoms with van der Waals surface area (Å²) in [5.41, 5.74) is 0.889. The van der Waals surface area contributed by atoms with Gasteiger partial charge in [-0.3, -0.25) is 29.0 Å². The molecule has 1 heterocycles. The van der Waals surface area contributed by atoms with Gasteiger partial charge >= 0.3 is 11.9 Å². The fourth-order valence-corrected chi connectivity index (χ4v) is 4.03. The lowest BCUT2D eigenvalue weighted by atomic mass is 10.1. The predicted octanol–water partition coefficient (Wildman–Crippen LogP) is 2.37. The molecule has 0 bridgehead atoms. The fraction of sp³-hybridized carbons (Fsp3) is 0.360. The minimum atomic E-state index is -1.28. The quantitative estimate of drug-likeness (QED) is 0.231. The monoisotopic (exact) mass is 533 g/mol. The summed E-state index contributed by atoms with van der Waals surface area (Å²) in [6.07, 6.45) is 3.19. The number of methoxy groups -OCH3 is 1. The summed E-state index contributed by atoms with van der Waals surface area (Å²) in [5.74, 6) is -3.34. The number of ether oxygens (including phenoxy) is 1. The number of carboxylic acids is 1. The van der Waals surface area contributed by atoms with Crippen LogP contribution in [0.2, 0.25) is 0 Å². The molecule has 0 unspecified atom stereocenters. The lowest BCUT2D eigenvalue weighted by molar-refractivity contribution is -0.141. The first-order valence-electron chi connectivity index (χ1n) is 11.4. The highest BCUT2D eigenvalue weighted by molar-refractivity contribution is 7.99. The minimum absolute atomic E-state index is 0.0134. The van der Waals surface area contributed by atoms with Gasteiger partial charge < -0.3 is 20.5 Å². The highest BCUT2D eigenvalue weighted by Gasteiger charge is 2.24. The van der Waals surface area contributed by atoms with Crippen LogP contribution in [-0.4, -0.2) is 65.1 Å². The number of Topliss-reactive ketones (excluding diaryl/α,β-unsaturated/α-hetero) is 1. The molecule has 37 heavy (non-hydrogen) atoms. The van der Waals surface area contributed by atoms with E-state index in [-0.39, 0.29) is 35.1 Å². The number of benzene rings is 1. The second kappa shape index (κ2) is 15.3. The number of rotatable bonds is 15. The number of carbonyl (C=O) groups excluding carboxylic acids is 4. The third-order valence-electron chi connectivity index (χ3n) is 5.08. The Hall–Kier alpha value is -3.80. The van der Waals surface area contributed by atoms with Crippen molar-refractivity contribution in [2.75, 3.05) is 19.4 Å². The number of aliphatic carboxylic acids is 1. The first-order chi connectivity index (χ1) is 17.7. The van der Waals surface area contributed by atoms with Crippen molar-refractivity contribution in [2.24, 2.45) is 0 Å². The molecule has 1 aromatic heterocycles. The number of unbranched alkanes of at least 4 members (excludes halogenated alkanes) is 1. The third kappa shape index (κ3) is 10.8. The Morgan fingerprint density at radius 3 is 2.38 bits per heavy atom. The van der Waals surface area contributed by atoms with Crippen LogP contribution in [0.25, 0.3) is 0 Å². The van der Waals surface area contributed by atoms with Crippen molar-refractivity contribution in [3.8, 4) is 0 Å². The first kappa shape index (κ1) is 29.4. The van der Waals surface area contributed by atoms with Crippen molar-refractivity contribution in [3.63, 3.8) is 0 Å². The van der Waals surface area contributed by atoms with E-state index in [1.807, 2.05) is 0 Å². The molecule has 0 fully saturated rings. The van der Waals surface area contributed by atoms with Crippen LogP contribution in [0.15, 0.2) is 42.7 Å². The van der Waals surface area contributed by atoms with E-state index in [4.69, 9.17) is 0 Å². The molecule has 2 aromatic rings. The first-order valence-corrected chi connectivity index (χ1v) is 12.5. The Morgan fingerprint density at radius 2 is 1.73 bits per heavy atom. The van der Waals surface area contributed by atoms with Gasteiger partial charge in [0.25, 0.3) is 11.8 Å². The molecule has 2 amide bonds. The van der Waals surface area contributed by atoms with Gasteiger partial charge in [-0.15, -0.1) is 11.8 Å². The van der Waals surface area contributed by atoms with E-state index in [0.29, 0.717) is 25.1 Å². The summed E-state index contributed by atoms with van der Waals surface area (Å²) in [7, 11) is 1.30. The van der Waals surface area contributed by atoms with Gasteiger partial charge in [-0.2, -0.15) is 0 Å². The molecule has 0 radical (unpaired) electrons. The second-order valence-corrected chi connectivity index (χ2v) is 8.95. The predicted molar refractivity (Wildman–Crippen MR) is 134 cm³/mol. The molecular formula is C25H28FN3O7S. The van der Waals surface area contributed by atoms with E-state index >= 15 is 0 Å². The second-order valence-electron chi connectivity index (χ2n) is 7.96. The molecule has 0 spiro atoms. The molecule has 3 N–H and O–H groups in total. The summed E-state index contributed by atoms with van der Waals surface area (Å²) in [6, 6.07) is 5.79. The number of hydrogen-bond donors (Lipinski definition) is 3. The van der Waals surface area contributed by atoms with Crippen LogP contribution in [0.3, 0.4) is 0 Å².